The smallest absolute Gasteiger partial charge is 0.319 e. The van der Waals surface area contributed by atoms with Crippen LogP contribution in [0.2, 0.25) is 0 Å². The van der Waals surface area contributed by atoms with Crippen LogP contribution in [0.3, 0.4) is 0 Å². The summed E-state index contributed by atoms with van der Waals surface area (Å²) in [5, 5.41) is 2.60. The predicted molar refractivity (Wildman–Crippen MR) is 122 cm³/mol. The van der Waals surface area contributed by atoms with E-state index < -0.39 is 45.8 Å². The van der Waals surface area contributed by atoms with Crippen LogP contribution in [0.1, 0.15) is 24.5 Å². The fraction of sp³-hybridized carbons (Fsp3) is 0.348. The third-order valence-corrected chi connectivity index (χ3v) is 8.05. The highest BCUT2D eigenvalue weighted by molar-refractivity contribution is 7.89. The van der Waals surface area contributed by atoms with Crippen molar-refractivity contribution in [1.82, 2.24) is 14.5 Å². The zero-order valence-electron chi connectivity index (χ0n) is 19.0. The Morgan fingerprint density at radius 2 is 1.82 bits per heavy atom. The number of urea groups is 1. The molecule has 1 N–H and O–H groups in total. The van der Waals surface area contributed by atoms with Crippen molar-refractivity contribution in [3.63, 3.8) is 0 Å². The Labute approximate surface area is 197 Å². The first kappa shape index (κ1) is 23.8. The first-order valence-electron chi connectivity index (χ1n) is 10.7. The number of amides is 4. The van der Waals surface area contributed by atoms with Crippen LogP contribution in [0.5, 0.6) is 0 Å². The largest absolute Gasteiger partial charge is 0.325 e. The van der Waals surface area contributed by atoms with Crippen molar-refractivity contribution in [1.29, 1.82) is 0 Å². The second kappa shape index (κ2) is 8.48. The number of carbonyl (C=O) groups is 3. The molecule has 9 nitrogen and oxygen atoms in total. The number of nitrogens with zero attached hydrogens (tertiary/aromatic N) is 3. The van der Waals surface area contributed by atoms with Gasteiger partial charge < -0.3 is 10.2 Å². The summed E-state index contributed by atoms with van der Waals surface area (Å²) in [5.41, 5.74) is 0.249. The fourth-order valence-electron chi connectivity index (χ4n) is 4.24. The molecular formula is C23H25FN4O5S. The minimum absolute atomic E-state index is 0.134. The van der Waals surface area contributed by atoms with Gasteiger partial charge in [-0.2, -0.15) is 0 Å². The Morgan fingerprint density at radius 1 is 1.15 bits per heavy atom. The van der Waals surface area contributed by atoms with E-state index in [0.717, 1.165) is 9.21 Å². The van der Waals surface area contributed by atoms with Gasteiger partial charge in [-0.3, -0.25) is 14.5 Å². The number of hydrogen-bond acceptors (Lipinski definition) is 5. The highest BCUT2D eigenvalue weighted by Gasteiger charge is 2.49. The zero-order chi connectivity index (χ0) is 24.8. The molecular weight excluding hydrogens is 463 g/mol. The molecule has 11 heteroatoms. The zero-order valence-corrected chi connectivity index (χ0v) is 19.9. The predicted octanol–water partition coefficient (Wildman–Crippen LogP) is 1.82. The number of halogens is 1. The lowest BCUT2D eigenvalue weighted by molar-refractivity contribution is -0.134. The normalized spacial score (nSPS) is 20.5. The van der Waals surface area contributed by atoms with Gasteiger partial charge in [0.15, 0.2) is 0 Å². The summed E-state index contributed by atoms with van der Waals surface area (Å²) < 4.78 is 39.4. The molecule has 0 radical (unpaired) electrons. The summed E-state index contributed by atoms with van der Waals surface area (Å²) in [6.07, 6.45) is 1.21. The average Bonchev–Trinajstić information content (AvgIpc) is 3.02. The molecule has 1 saturated heterocycles. The molecule has 2 aliphatic heterocycles. The van der Waals surface area contributed by atoms with Gasteiger partial charge in [0, 0.05) is 26.3 Å². The highest BCUT2D eigenvalue weighted by Crippen LogP contribution is 2.32. The molecule has 0 saturated carbocycles. The summed E-state index contributed by atoms with van der Waals surface area (Å²) in [6.45, 7) is 1.41. The maximum Gasteiger partial charge on any atom is 0.325 e. The Hall–Kier alpha value is -3.31. The van der Waals surface area contributed by atoms with E-state index in [0.29, 0.717) is 36.2 Å². The number of rotatable bonds is 5. The van der Waals surface area contributed by atoms with Crippen molar-refractivity contribution in [3.8, 4) is 0 Å². The van der Waals surface area contributed by atoms with Crippen molar-refractivity contribution in [2.45, 2.75) is 30.2 Å². The minimum atomic E-state index is -3.62. The number of imide groups is 1. The van der Waals surface area contributed by atoms with E-state index in [9.17, 15) is 27.2 Å². The van der Waals surface area contributed by atoms with Gasteiger partial charge in [-0.05, 0) is 61.2 Å². The van der Waals surface area contributed by atoms with E-state index in [-0.39, 0.29) is 4.90 Å². The van der Waals surface area contributed by atoms with Gasteiger partial charge in [-0.1, -0.05) is 12.1 Å². The fourth-order valence-corrected chi connectivity index (χ4v) is 5.20. The highest BCUT2D eigenvalue weighted by atomic mass is 32.2. The molecule has 2 aliphatic rings. The van der Waals surface area contributed by atoms with Crippen molar-refractivity contribution >= 4 is 33.6 Å². The van der Waals surface area contributed by atoms with Crippen LogP contribution in [-0.2, 0) is 31.6 Å². The monoisotopic (exact) mass is 488 g/mol. The number of aryl methyl sites for hydroxylation is 1. The number of fused-ring (bicyclic) bond motifs is 1. The molecule has 4 amide bonds. The van der Waals surface area contributed by atoms with Crippen LogP contribution in [0.4, 0.5) is 14.9 Å². The standard InChI is InChI=1S/C23H25FN4O5S/c1-23(16-6-8-17(24)9-7-16)21(30)28(22(31)25-23)14-20(29)27-12-4-5-15-13-18(10-11-19(15)27)34(32,33)26(2)3/h6-11,13H,4-5,12,14H2,1-3H3,(H,25,31). The number of sulfonamides is 1. The minimum Gasteiger partial charge on any atom is -0.319 e. The number of nitrogens with one attached hydrogen (secondary N) is 1. The summed E-state index contributed by atoms with van der Waals surface area (Å²) in [7, 11) is -0.729. The molecule has 1 unspecified atom stereocenters. The molecule has 34 heavy (non-hydrogen) atoms. The first-order chi connectivity index (χ1) is 15.9. The molecule has 1 fully saturated rings. The molecule has 0 spiro atoms. The maximum atomic E-state index is 13.3. The van der Waals surface area contributed by atoms with Crippen LogP contribution in [-0.4, -0.2) is 62.7 Å². The summed E-state index contributed by atoms with van der Waals surface area (Å²) >= 11 is 0. The molecule has 0 bridgehead atoms. The molecule has 4 rings (SSSR count). The third kappa shape index (κ3) is 3.94. The van der Waals surface area contributed by atoms with E-state index in [1.807, 2.05) is 0 Å². The summed E-state index contributed by atoms with van der Waals surface area (Å²) in [6, 6.07) is 9.10. The Balaban J connectivity index is 1.56. The number of benzene rings is 2. The lowest BCUT2D eigenvalue weighted by Gasteiger charge is -2.31. The number of hydrogen-bond donors (Lipinski definition) is 1. The van der Waals surface area contributed by atoms with Gasteiger partial charge in [0.05, 0.1) is 4.90 Å². The topological polar surface area (TPSA) is 107 Å². The molecule has 2 heterocycles. The van der Waals surface area contributed by atoms with Crippen molar-refractivity contribution in [2.75, 3.05) is 32.1 Å². The van der Waals surface area contributed by atoms with Gasteiger partial charge in [0.2, 0.25) is 15.9 Å². The number of carbonyl (C=O) groups excluding carboxylic acids is 3. The van der Waals surface area contributed by atoms with Gasteiger partial charge in [0.1, 0.15) is 17.9 Å². The van der Waals surface area contributed by atoms with E-state index in [4.69, 9.17) is 0 Å². The second-order valence-corrected chi connectivity index (χ2v) is 10.8. The van der Waals surface area contributed by atoms with Gasteiger partial charge in [-0.15, -0.1) is 0 Å². The SMILES string of the molecule is CN(C)S(=O)(=O)c1ccc2c(c1)CCCN2C(=O)CN1C(=O)NC(C)(c2ccc(F)cc2)C1=O. The van der Waals surface area contributed by atoms with E-state index in [1.165, 1.54) is 56.3 Å². The Morgan fingerprint density at radius 3 is 2.47 bits per heavy atom. The molecule has 2 aromatic rings. The molecule has 0 aromatic heterocycles. The van der Waals surface area contributed by atoms with E-state index in [1.54, 1.807) is 12.1 Å². The quantitative estimate of drug-likeness (QED) is 0.646. The Bertz CT molecular complexity index is 1280. The van der Waals surface area contributed by atoms with Crippen LogP contribution in [0, 0.1) is 5.82 Å². The second-order valence-electron chi connectivity index (χ2n) is 8.68. The van der Waals surface area contributed by atoms with Gasteiger partial charge >= 0.3 is 6.03 Å². The van der Waals surface area contributed by atoms with E-state index in [2.05, 4.69) is 5.32 Å². The average molecular weight is 489 g/mol. The van der Waals surface area contributed by atoms with Crippen molar-refractivity contribution in [2.24, 2.45) is 0 Å². The van der Waals surface area contributed by atoms with Crippen LogP contribution < -0.4 is 10.2 Å². The lowest BCUT2D eigenvalue weighted by Crippen LogP contribution is -2.46. The number of anilines is 1. The van der Waals surface area contributed by atoms with E-state index >= 15 is 0 Å². The molecule has 1 atom stereocenters. The first-order valence-corrected chi connectivity index (χ1v) is 12.1. The molecule has 0 aliphatic carbocycles. The lowest BCUT2D eigenvalue weighted by atomic mass is 9.92. The summed E-state index contributed by atoms with van der Waals surface area (Å²) in [5.74, 6) is -1.54. The van der Waals surface area contributed by atoms with Crippen LogP contribution >= 0.6 is 0 Å². The van der Waals surface area contributed by atoms with Crippen LogP contribution in [0.25, 0.3) is 0 Å². The molecule has 180 valence electrons. The van der Waals surface area contributed by atoms with Crippen molar-refractivity contribution in [3.05, 3.63) is 59.4 Å². The summed E-state index contributed by atoms with van der Waals surface area (Å²) in [4.78, 5) is 41.3. The maximum absolute atomic E-state index is 13.3. The molecule has 2 aromatic carbocycles. The van der Waals surface area contributed by atoms with Crippen LogP contribution in [0.15, 0.2) is 47.4 Å². The Kier molecular flexibility index (Phi) is 5.94. The third-order valence-electron chi connectivity index (χ3n) is 6.24. The van der Waals surface area contributed by atoms with Crippen molar-refractivity contribution < 1.29 is 27.2 Å². The van der Waals surface area contributed by atoms with Gasteiger partial charge in [-0.25, -0.2) is 21.9 Å². The van der Waals surface area contributed by atoms with Gasteiger partial charge in [0.25, 0.3) is 5.91 Å².